The Balaban J connectivity index is 1.71. The third-order valence-electron chi connectivity index (χ3n) is 4.13. The Morgan fingerprint density at radius 2 is 1.80 bits per heavy atom. The zero-order valence-electron chi connectivity index (χ0n) is 11.5. The topological polar surface area (TPSA) is 81.8 Å². The molecule has 3 rings (SSSR count). The zero-order valence-corrected chi connectivity index (χ0v) is 12.4. The summed E-state index contributed by atoms with van der Waals surface area (Å²) in [6.45, 7) is 2.76. The lowest BCUT2D eigenvalue weighted by atomic mass is 10.2. The van der Waals surface area contributed by atoms with Crippen LogP contribution in [0.4, 0.5) is 0 Å². The van der Waals surface area contributed by atoms with Crippen LogP contribution in [0.15, 0.2) is 0 Å². The van der Waals surface area contributed by atoms with Gasteiger partial charge in [0.25, 0.3) is 10.2 Å². The maximum atomic E-state index is 12.6. The number of piperazine rings is 1. The first-order chi connectivity index (χ1) is 9.59. The summed E-state index contributed by atoms with van der Waals surface area (Å²) < 4.78 is 28.2. The summed E-state index contributed by atoms with van der Waals surface area (Å²) in [6, 6.07) is -0.248. The monoisotopic (exact) mass is 302 g/mol. The molecule has 0 bridgehead atoms. The fourth-order valence-electron chi connectivity index (χ4n) is 2.83. The maximum absolute atomic E-state index is 12.6. The SMILES string of the molecule is O=C(NC1CC1)C1CCCN1S(=O)(=O)N1CCNCC1. The molecule has 3 aliphatic rings. The van der Waals surface area contributed by atoms with Crippen LogP contribution in [-0.4, -0.2) is 67.7 Å². The number of amides is 1. The largest absolute Gasteiger partial charge is 0.352 e. The smallest absolute Gasteiger partial charge is 0.282 e. The standard InChI is InChI=1S/C12H22N4O3S/c17-12(14-10-3-4-10)11-2-1-7-16(11)20(18,19)15-8-5-13-6-9-15/h10-11,13H,1-9H2,(H,14,17). The van der Waals surface area contributed by atoms with Crippen molar-refractivity contribution in [1.82, 2.24) is 19.2 Å². The van der Waals surface area contributed by atoms with Gasteiger partial charge >= 0.3 is 0 Å². The summed E-state index contributed by atoms with van der Waals surface area (Å²) in [5.74, 6) is -0.122. The Kier molecular flexibility index (Phi) is 3.98. The summed E-state index contributed by atoms with van der Waals surface area (Å²) in [5.41, 5.74) is 0. The van der Waals surface area contributed by atoms with Gasteiger partial charge in [0, 0.05) is 38.8 Å². The van der Waals surface area contributed by atoms with Crippen molar-refractivity contribution in [3.8, 4) is 0 Å². The summed E-state index contributed by atoms with van der Waals surface area (Å²) in [5, 5.41) is 6.07. The van der Waals surface area contributed by atoms with Gasteiger partial charge in [-0.25, -0.2) is 0 Å². The fraction of sp³-hybridized carbons (Fsp3) is 0.917. The van der Waals surface area contributed by atoms with E-state index in [1.165, 1.54) is 8.61 Å². The maximum Gasteiger partial charge on any atom is 0.282 e. The van der Waals surface area contributed by atoms with Crippen LogP contribution in [0.1, 0.15) is 25.7 Å². The summed E-state index contributed by atoms with van der Waals surface area (Å²) in [6.07, 6.45) is 3.42. The Labute approximate surface area is 119 Å². The average Bonchev–Trinajstić information content (AvgIpc) is 3.11. The van der Waals surface area contributed by atoms with Gasteiger partial charge < -0.3 is 10.6 Å². The fourth-order valence-corrected chi connectivity index (χ4v) is 4.65. The predicted octanol–water partition coefficient (Wildman–Crippen LogP) is -1.12. The van der Waals surface area contributed by atoms with E-state index in [4.69, 9.17) is 0 Å². The van der Waals surface area contributed by atoms with Gasteiger partial charge in [-0.1, -0.05) is 0 Å². The van der Waals surface area contributed by atoms with Crippen LogP contribution >= 0.6 is 0 Å². The lowest BCUT2D eigenvalue weighted by Gasteiger charge is -2.32. The lowest BCUT2D eigenvalue weighted by molar-refractivity contribution is -0.124. The molecular formula is C12H22N4O3S. The van der Waals surface area contributed by atoms with Crippen LogP contribution in [0.5, 0.6) is 0 Å². The molecule has 7 nitrogen and oxygen atoms in total. The second-order valence-corrected chi connectivity index (χ2v) is 7.59. The van der Waals surface area contributed by atoms with Gasteiger partial charge in [-0.05, 0) is 25.7 Å². The zero-order chi connectivity index (χ0) is 14.2. The number of nitrogens with zero attached hydrogens (tertiary/aromatic N) is 2. The van der Waals surface area contributed by atoms with Gasteiger partial charge in [0.1, 0.15) is 6.04 Å². The molecule has 0 aromatic heterocycles. The summed E-state index contributed by atoms with van der Waals surface area (Å²) >= 11 is 0. The highest BCUT2D eigenvalue weighted by atomic mass is 32.2. The van der Waals surface area contributed by atoms with Crippen LogP contribution < -0.4 is 10.6 Å². The highest BCUT2D eigenvalue weighted by Crippen LogP contribution is 2.25. The van der Waals surface area contributed by atoms with Crippen molar-refractivity contribution in [2.24, 2.45) is 0 Å². The van der Waals surface area contributed by atoms with Crippen molar-refractivity contribution in [3.05, 3.63) is 0 Å². The van der Waals surface area contributed by atoms with Crippen LogP contribution in [0.3, 0.4) is 0 Å². The molecule has 20 heavy (non-hydrogen) atoms. The van der Waals surface area contributed by atoms with Crippen molar-refractivity contribution in [2.75, 3.05) is 32.7 Å². The number of carbonyl (C=O) groups excluding carboxylic acids is 1. The molecule has 0 radical (unpaired) electrons. The van der Waals surface area contributed by atoms with Crippen molar-refractivity contribution >= 4 is 16.1 Å². The van der Waals surface area contributed by atoms with E-state index in [1.807, 2.05) is 0 Å². The van der Waals surface area contributed by atoms with E-state index in [0.717, 1.165) is 19.3 Å². The lowest BCUT2D eigenvalue weighted by Crippen LogP contribution is -2.55. The Hall–Kier alpha value is -0.700. The molecule has 0 spiro atoms. The second kappa shape index (κ2) is 5.59. The van der Waals surface area contributed by atoms with E-state index >= 15 is 0 Å². The van der Waals surface area contributed by atoms with Crippen molar-refractivity contribution < 1.29 is 13.2 Å². The van der Waals surface area contributed by atoms with Crippen LogP contribution in [0, 0.1) is 0 Å². The summed E-state index contributed by atoms with van der Waals surface area (Å²) in [7, 11) is -3.51. The van der Waals surface area contributed by atoms with Gasteiger partial charge in [0.05, 0.1) is 0 Å². The second-order valence-electron chi connectivity index (χ2n) is 5.71. The number of hydrogen-bond acceptors (Lipinski definition) is 4. The highest BCUT2D eigenvalue weighted by Gasteiger charge is 2.42. The first-order valence-electron chi connectivity index (χ1n) is 7.37. The number of rotatable bonds is 4. The summed E-state index contributed by atoms with van der Waals surface area (Å²) in [4.78, 5) is 12.2. The molecule has 1 atom stereocenters. The molecule has 2 aliphatic heterocycles. The van der Waals surface area contributed by atoms with Crippen molar-refractivity contribution in [3.63, 3.8) is 0 Å². The van der Waals surface area contributed by atoms with E-state index in [2.05, 4.69) is 10.6 Å². The molecule has 1 aliphatic carbocycles. The number of nitrogens with one attached hydrogen (secondary N) is 2. The molecule has 2 N–H and O–H groups in total. The van der Waals surface area contributed by atoms with Gasteiger partial charge in [-0.3, -0.25) is 4.79 Å². The Morgan fingerprint density at radius 1 is 1.10 bits per heavy atom. The van der Waals surface area contributed by atoms with Gasteiger partial charge in [-0.15, -0.1) is 0 Å². The van der Waals surface area contributed by atoms with E-state index < -0.39 is 16.3 Å². The molecule has 8 heteroatoms. The third kappa shape index (κ3) is 2.83. The number of carbonyl (C=O) groups is 1. The van der Waals surface area contributed by atoms with E-state index in [9.17, 15) is 13.2 Å². The van der Waals surface area contributed by atoms with Crippen molar-refractivity contribution in [2.45, 2.75) is 37.8 Å². The minimum absolute atomic E-state index is 0.122. The van der Waals surface area contributed by atoms with Gasteiger partial charge in [0.15, 0.2) is 0 Å². The van der Waals surface area contributed by atoms with Gasteiger partial charge in [-0.2, -0.15) is 17.0 Å². The first-order valence-corrected chi connectivity index (χ1v) is 8.77. The third-order valence-corrected chi connectivity index (χ3v) is 6.18. The molecule has 3 fully saturated rings. The molecule has 1 saturated carbocycles. The molecule has 0 aromatic rings. The minimum atomic E-state index is -3.51. The average molecular weight is 302 g/mol. The quantitative estimate of drug-likeness (QED) is 0.689. The van der Waals surface area contributed by atoms with Crippen molar-refractivity contribution in [1.29, 1.82) is 0 Å². The van der Waals surface area contributed by atoms with Gasteiger partial charge in [0.2, 0.25) is 5.91 Å². The first kappa shape index (κ1) is 14.2. The molecule has 1 amide bonds. The van der Waals surface area contributed by atoms with Crippen LogP contribution in [-0.2, 0) is 15.0 Å². The normalized spacial score (nSPS) is 29.5. The molecule has 114 valence electrons. The van der Waals surface area contributed by atoms with E-state index in [0.29, 0.717) is 39.1 Å². The van der Waals surface area contributed by atoms with Crippen LogP contribution in [0.2, 0.25) is 0 Å². The molecular weight excluding hydrogens is 280 g/mol. The Bertz CT molecular complexity index is 471. The van der Waals surface area contributed by atoms with Crippen LogP contribution in [0.25, 0.3) is 0 Å². The van der Waals surface area contributed by atoms with E-state index in [-0.39, 0.29) is 11.9 Å². The predicted molar refractivity (Wildman–Crippen MR) is 74.3 cm³/mol. The highest BCUT2D eigenvalue weighted by molar-refractivity contribution is 7.86. The molecule has 1 unspecified atom stereocenters. The molecule has 2 heterocycles. The Morgan fingerprint density at radius 3 is 2.45 bits per heavy atom. The number of hydrogen-bond donors (Lipinski definition) is 2. The minimum Gasteiger partial charge on any atom is -0.352 e. The molecule has 0 aromatic carbocycles. The molecule has 2 saturated heterocycles. The van der Waals surface area contributed by atoms with E-state index in [1.54, 1.807) is 0 Å².